The number of hydrogen-bond donors (Lipinski definition) is 2. The molecule has 0 unspecified atom stereocenters. The van der Waals surface area contributed by atoms with Crippen LogP contribution in [0.2, 0.25) is 0 Å². The highest BCUT2D eigenvalue weighted by molar-refractivity contribution is 14.1. The molecule has 2 aromatic carbocycles. The predicted octanol–water partition coefficient (Wildman–Crippen LogP) is 4.57. The third-order valence-corrected chi connectivity index (χ3v) is 5.00. The van der Waals surface area contributed by atoms with Crippen molar-refractivity contribution in [3.05, 3.63) is 50.6 Å². The van der Waals surface area contributed by atoms with Crippen molar-refractivity contribution in [1.82, 2.24) is 5.43 Å². The Bertz CT molecular complexity index is 974. The molecule has 8 heteroatoms. The summed E-state index contributed by atoms with van der Waals surface area (Å²) >= 11 is 2.17. The molecule has 0 atom stereocenters. The molecule has 0 fully saturated rings. The molecule has 0 aromatic heterocycles. The minimum atomic E-state index is -0.503. The standard InChI is InChI=1S/C23H28IN3O4/c1-6-30-20-11-17(10-19(24)23(20)31-14(2)3)13-25-27-22(29)12-21(28)26-18-8-7-15(4)16(5)9-18/h7-11,13-14H,6,12H2,1-5H3,(H,26,28)(H,27,29). The van der Waals surface area contributed by atoms with Crippen LogP contribution in [0.1, 0.15) is 43.9 Å². The van der Waals surface area contributed by atoms with Crippen LogP contribution >= 0.6 is 22.6 Å². The lowest BCUT2D eigenvalue weighted by Crippen LogP contribution is -2.24. The van der Waals surface area contributed by atoms with Crippen molar-refractivity contribution in [2.45, 2.75) is 47.1 Å². The van der Waals surface area contributed by atoms with Gasteiger partial charge in [0.2, 0.25) is 11.8 Å². The number of carbonyl (C=O) groups excluding carboxylic acids is 2. The lowest BCUT2D eigenvalue weighted by Gasteiger charge is -2.16. The van der Waals surface area contributed by atoms with Crippen LogP contribution in [-0.4, -0.2) is 30.7 Å². The molecule has 2 amide bonds. The molecule has 7 nitrogen and oxygen atoms in total. The van der Waals surface area contributed by atoms with E-state index in [0.717, 1.165) is 20.3 Å². The first-order valence-electron chi connectivity index (χ1n) is 10.0. The molecular formula is C23H28IN3O4. The minimum Gasteiger partial charge on any atom is -0.490 e. The Morgan fingerprint density at radius 1 is 1.13 bits per heavy atom. The Labute approximate surface area is 196 Å². The number of halogens is 1. The SMILES string of the molecule is CCOc1cc(C=NNC(=O)CC(=O)Nc2ccc(C)c(C)c2)cc(I)c1OC(C)C. The fraction of sp³-hybridized carbons (Fsp3) is 0.348. The monoisotopic (exact) mass is 537 g/mol. The fourth-order valence-electron chi connectivity index (χ4n) is 2.66. The van der Waals surface area contributed by atoms with Crippen LogP contribution in [0.25, 0.3) is 0 Å². The number of rotatable bonds is 9. The van der Waals surface area contributed by atoms with Gasteiger partial charge in [-0.25, -0.2) is 5.43 Å². The maximum atomic E-state index is 12.1. The first-order valence-corrected chi connectivity index (χ1v) is 11.1. The van der Waals surface area contributed by atoms with Crippen LogP contribution in [0.3, 0.4) is 0 Å². The van der Waals surface area contributed by atoms with Crippen molar-refractivity contribution in [1.29, 1.82) is 0 Å². The number of benzene rings is 2. The number of nitrogens with one attached hydrogen (secondary N) is 2. The van der Waals surface area contributed by atoms with Gasteiger partial charge in [0.25, 0.3) is 0 Å². The van der Waals surface area contributed by atoms with Gasteiger partial charge in [-0.1, -0.05) is 6.07 Å². The highest BCUT2D eigenvalue weighted by Crippen LogP contribution is 2.34. The first kappa shape index (κ1) is 24.6. The molecule has 166 valence electrons. The number of anilines is 1. The van der Waals surface area contributed by atoms with E-state index >= 15 is 0 Å². The summed E-state index contributed by atoms with van der Waals surface area (Å²) in [6.07, 6.45) is 1.19. The van der Waals surface area contributed by atoms with Gasteiger partial charge in [-0.15, -0.1) is 0 Å². The maximum absolute atomic E-state index is 12.1. The summed E-state index contributed by atoms with van der Waals surface area (Å²) in [5.41, 5.74) is 5.98. The van der Waals surface area contributed by atoms with E-state index < -0.39 is 11.8 Å². The van der Waals surface area contributed by atoms with Gasteiger partial charge in [-0.3, -0.25) is 9.59 Å². The summed E-state index contributed by atoms with van der Waals surface area (Å²) in [4.78, 5) is 24.1. The highest BCUT2D eigenvalue weighted by atomic mass is 127. The van der Waals surface area contributed by atoms with Crippen LogP contribution < -0.4 is 20.2 Å². The third-order valence-electron chi connectivity index (χ3n) is 4.20. The average Bonchev–Trinajstić information content (AvgIpc) is 2.67. The third kappa shape index (κ3) is 7.86. The topological polar surface area (TPSA) is 89.0 Å². The van der Waals surface area contributed by atoms with Crippen LogP contribution in [0.5, 0.6) is 11.5 Å². The summed E-state index contributed by atoms with van der Waals surface area (Å²) in [7, 11) is 0. The van der Waals surface area contributed by atoms with E-state index in [0.29, 0.717) is 23.8 Å². The second-order valence-electron chi connectivity index (χ2n) is 7.25. The molecule has 0 spiro atoms. The molecular weight excluding hydrogens is 509 g/mol. The molecule has 0 bridgehead atoms. The van der Waals surface area contributed by atoms with Gasteiger partial charge >= 0.3 is 0 Å². The van der Waals surface area contributed by atoms with Crippen LogP contribution in [0.15, 0.2) is 35.4 Å². The Hall–Kier alpha value is -2.62. The highest BCUT2D eigenvalue weighted by Gasteiger charge is 2.13. The Kier molecular flexibility index (Phi) is 9.29. The van der Waals surface area contributed by atoms with Gasteiger partial charge in [-0.05, 0) is 98.2 Å². The van der Waals surface area contributed by atoms with E-state index in [9.17, 15) is 9.59 Å². The summed E-state index contributed by atoms with van der Waals surface area (Å²) < 4.78 is 12.4. The predicted molar refractivity (Wildman–Crippen MR) is 131 cm³/mol. The number of amides is 2. The normalized spacial score (nSPS) is 10.9. The van der Waals surface area contributed by atoms with Gasteiger partial charge in [0, 0.05) is 5.69 Å². The average molecular weight is 537 g/mol. The molecule has 0 heterocycles. The largest absolute Gasteiger partial charge is 0.490 e. The zero-order chi connectivity index (χ0) is 23.0. The summed E-state index contributed by atoms with van der Waals surface area (Å²) in [5, 5.41) is 6.67. The first-order chi connectivity index (χ1) is 14.7. The van der Waals surface area contributed by atoms with Gasteiger partial charge in [0.15, 0.2) is 11.5 Å². The smallest absolute Gasteiger partial charge is 0.249 e. The van der Waals surface area contributed by atoms with Gasteiger partial charge in [0.05, 0.1) is 22.5 Å². The lowest BCUT2D eigenvalue weighted by molar-refractivity contribution is -0.126. The van der Waals surface area contributed by atoms with Crippen molar-refractivity contribution in [2.75, 3.05) is 11.9 Å². The van der Waals surface area contributed by atoms with Crippen molar-refractivity contribution >= 4 is 46.3 Å². The second-order valence-corrected chi connectivity index (χ2v) is 8.41. The molecule has 2 aromatic rings. The van der Waals surface area contributed by atoms with Crippen LogP contribution in [-0.2, 0) is 9.59 Å². The fourth-order valence-corrected chi connectivity index (χ4v) is 3.42. The summed E-state index contributed by atoms with van der Waals surface area (Å²) in [5.74, 6) is 0.390. The molecule has 0 saturated carbocycles. The maximum Gasteiger partial charge on any atom is 0.249 e. The number of nitrogens with zero attached hydrogens (tertiary/aromatic N) is 1. The van der Waals surface area contributed by atoms with Gasteiger partial charge in [0.1, 0.15) is 6.42 Å². The van der Waals surface area contributed by atoms with Gasteiger partial charge in [-0.2, -0.15) is 5.10 Å². The Morgan fingerprint density at radius 2 is 1.87 bits per heavy atom. The molecule has 2 N–H and O–H groups in total. The zero-order valence-electron chi connectivity index (χ0n) is 18.4. The molecule has 31 heavy (non-hydrogen) atoms. The quantitative estimate of drug-likeness (QED) is 0.212. The second kappa shape index (κ2) is 11.7. The van der Waals surface area contributed by atoms with E-state index in [1.165, 1.54) is 6.21 Å². The summed E-state index contributed by atoms with van der Waals surface area (Å²) in [6.45, 7) is 10.3. The van der Waals surface area contributed by atoms with E-state index in [4.69, 9.17) is 9.47 Å². The van der Waals surface area contributed by atoms with Crippen LogP contribution in [0.4, 0.5) is 5.69 Å². The van der Waals surface area contributed by atoms with E-state index in [-0.39, 0.29) is 12.5 Å². The Balaban J connectivity index is 1.96. The van der Waals surface area contributed by atoms with E-state index in [2.05, 4.69) is 38.4 Å². The molecule has 0 aliphatic rings. The van der Waals surface area contributed by atoms with Crippen molar-refractivity contribution in [3.8, 4) is 11.5 Å². The zero-order valence-corrected chi connectivity index (χ0v) is 20.6. The van der Waals surface area contributed by atoms with E-state index in [1.807, 2.05) is 52.8 Å². The molecule has 0 radical (unpaired) electrons. The number of hydrogen-bond acceptors (Lipinski definition) is 5. The number of ether oxygens (including phenoxy) is 2. The van der Waals surface area contributed by atoms with Crippen molar-refractivity contribution < 1.29 is 19.1 Å². The molecule has 0 aliphatic heterocycles. The van der Waals surface area contributed by atoms with E-state index in [1.54, 1.807) is 12.1 Å². The lowest BCUT2D eigenvalue weighted by atomic mass is 10.1. The van der Waals surface area contributed by atoms with Crippen molar-refractivity contribution in [2.24, 2.45) is 5.10 Å². The molecule has 2 rings (SSSR count). The molecule has 0 saturated heterocycles. The van der Waals surface area contributed by atoms with Crippen molar-refractivity contribution in [3.63, 3.8) is 0 Å². The number of carbonyl (C=O) groups is 2. The molecule has 0 aliphatic carbocycles. The van der Waals surface area contributed by atoms with Gasteiger partial charge < -0.3 is 14.8 Å². The summed E-state index contributed by atoms with van der Waals surface area (Å²) in [6, 6.07) is 9.27. The minimum absolute atomic E-state index is 0.0153. The number of aryl methyl sites for hydroxylation is 2. The number of hydrazone groups is 1. The Morgan fingerprint density at radius 3 is 2.52 bits per heavy atom. The van der Waals surface area contributed by atoms with Crippen LogP contribution in [0, 0.1) is 17.4 Å².